The molecule has 0 atom stereocenters. The zero-order chi connectivity index (χ0) is 15.4. The van der Waals surface area contributed by atoms with Gasteiger partial charge in [-0.05, 0) is 24.3 Å². The second-order valence-electron chi connectivity index (χ2n) is 3.96. The Kier molecular flexibility index (Phi) is 5.41. The van der Waals surface area contributed by atoms with E-state index in [4.69, 9.17) is 0 Å². The largest absolute Gasteiger partial charge is 0.484 e. The van der Waals surface area contributed by atoms with E-state index < -0.39 is 22.8 Å². The van der Waals surface area contributed by atoms with Gasteiger partial charge in [0.1, 0.15) is 5.75 Å². The molecular weight excluding hydrogens is 295 g/mol. The van der Waals surface area contributed by atoms with Crippen LogP contribution in [0.5, 0.6) is 5.75 Å². The molecule has 0 saturated heterocycles. The highest BCUT2D eigenvalue weighted by Gasteiger charge is 2.28. The average molecular weight is 311 g/mol. The Morgan fingerprint density at radius 2 is 1.60 bits per heavy atom. The lowest BCUT2D eigenvalue weighted by Gasteiger charge is -2.18. The van der Waals surface area contributed by atoms with Crippen molar-refractivity contribution in [3.8, 4) is 5.75 Å². The van der Waals surface area contributed by atoms with Crippen molar-refractivity contribution in [2.45, 2.75) is 24.9 Å². The fourth-order valence-corrected chi connectivity index (χ4v) is 3.04. The van der Waals surface area contributed by atoms with Gasteiger partial charge in [-0.2, -0.15) is 17.5 Å². The molecule has 0 spiro atoms. The molecule has 4 nitrogen and oxygen atoms in total. The van der Waals surface area contributed by atoms with Gasteiger partial charge in [-0.15, -0.1) is 0 Å². The predicted octanol–water partition coefficient (Wildman–Crippen LogP) is 2.66. The number of nitrogens with zero attached hydrogens (tertiary/aromatic N) is 1. The summed E-state index contributed by atoms with van der Waals surface area (Å²) in [5, 5.41) is 0. The first kappa shape index (κ1) is 16.8. The highest BCUT2D eigenvalue weighted by Crippen LogP contribution is 2.21. The minimum absolute atomic E-state index is 0.0270. The number of benzene rings is 1. The van der Waals surface area contributed by atoms with Gasteiger partial charge in [-0.1, -0.05) is 13.8 Å². The SMILES string of the molecule is CCN(CC)S(=O)(=O)c1ccc(OCC(F)(F)F)cc1. The normalized spacial score (nSPS) is 12.7. The summed E-state index contributed by atoms with van der Waals surface area (Å²) < 4.78 is 66.0. The van der Waals surface area contributed by atoms with Crippen molar-refractivity contribution in [3.05, 3.63) is 24.3 Å². The average Bonchev–Trinajstić information content (AvgIpc) is 2.37. The third-order valence-electron chi connectivity index (χ3n) is 2.57. The van der Waals surface area contributed by atoms with Crippen molar-refractivity contribution < 1.29 is 26.3 Å². The molecule has 0 aliphatic rings. The lowest BCUT2D eigenvalue weighted by molar-refractivity contribution is -0.153. The molecule has 0 aliphatic carbocycles. The Balaban J connectivity index is 2.86. The van der Waals surface area contributed by atoms with Crippen molar-refractivity contribution in [2.75, 3.05) is 19.7 Å². The molecule has 20 heavy (non-hydrogen) atoms. The molecule has 0 saturated carbocycles. The van der Waals surface area contributed by atoms with Crippen LogP contribution in [0.2, 0.25) is 0 Å². The van der Waals surface area contributed by atoms with Crippen LogP contribution in [-0.4, -0.2) is 38.6 Å². The molecule has 0 N–H and O–H groups in total. The van der Waals surface area contributed by atoms with E-state index >= 15 is 0 Å². The fraction of sp³-hybridized carbons (Fsp3) is 0.500. The lowest BCUT2D eigenvalue weighted by atomic mass is 10.3. The lowest BCUT2D eigenvalue weighted by Crippen LogP contribution is -2.30. The van der Waals surface area contributed by atoms with Crippen LogP contribution >= 0.6 is 0 Å². The Morgan fingerprint density at radius 1 is 1.10 bits per heavy atom. The van der Waals surface area contributed by atoms with Crippen LogP contribution in [0, 0.1) is 0 Å². The van der Waals surface area contributed by atoms with Crippen LogP contribution in [0.15, 0.2) is 29.2 Å². The first-order valence-corrected chi connectivity index (χ1v) is 7.44. The number of hydrogen-bond donors (Lipinski definition) is 0. The molecule has 0 amide bonds. The Morgan fingerprint density at radius 3 is 2.00 bits per heavy atom. The molecule has 1 aromatic rings. The second-order valence-corrected chi connectivity index (χ2v) is 5.90. The summed E-state index contributed by atoms with van der Waals surface area (Å²) in [5.74, 6) is -0.0270. The van der Waals surface area contributed by atoms with Crippen LogP contribution in [0.3, 0.4) is 0 Å². The van der Waals surface area contributed by atoms with E-state index in [2.05, 4.69) is 4.74 Å². The molecule has 0 bridgehead atoms. The van der Waals surface area contributed by atoms with Crippen LogP contribution in [-0.2, 0) is 10.0 Å². The molecule has 1 rings (SSSR count). The monoisotopic (exact) mass is 311 g/mol. The molecule has 0 heterocycles. The summed E-state index contributed by atoms with van der Waals surface area (Å²) in [4.78, 5) is 0.0283. The first-order chi connectivity index (χ1) is 9.20. The van der Waals surface area contributed by atoms with Crippen molar-refractivity contribution in [1.82, 2.24) is 4.31 Å². The summed E-state index contributed by atoms with van der Waals surface area (Å²) in [7, 11) is -3.61. The van der Waals surface area contributed by atoms with Gasteiger partial charge in [0.2, 0.25) is 10.0 Å². The fourth-order valence-electron chi connectivity index (χ4n) is 1.59. The third kappa shape index (κ3) is 4.38. The number of alkyl halides is 3. The van der Waals surface area contributed by atoms with Crippen LogP contribution < -0.4 is 4.74 Å². The number of rotatable bonds is 6. The highest BCUT2D eigenvalue weighted by molar-refractivity contribution is 7.89. The van der Waals surface area contributed by atoms with Crippen molar-refractivity contribution in [2.24, 2.45) is 0 Å². The molecule has 0 aromatic heterocycles. The maximum Gasteiger partial charge on any atom is 0.422 e. The number of halogens is 3. The van der Waals surface area contributed by atoms with Crippen LogP contribution in [0.1, 0.15) is 13.8 Å². The van der Waals surface area contributed by atoms with Gasteiger partial charge in [-0.3, -0.25) is 0 Å². The quantitative estimate of drug-likeness (QED) is 0.811. The van der Waals surface area contributed by atoms with Crippen LogP contribution in [0.4, 0.5) is 13.2 Å². The van der Waals surface area contributed by atoms with Crippen molar-refractivity contribution >= 4 is 10.0 Å². The van der Waals surface area contributed by atoms with Gasteiger partial charge in [0.05, 0.1) is 4.90 Å². The van der Waals surface area contributed by atoms with Crippen molar-refractivity contribution in [3.63, 3.8) is 0 Å². The van der Waals surface area contributed by atoms with E-state index in [1.54, 1.807) is 13.8 Å². The molecule has 0 fully saturated rings. The van der Waals surface area contributed by atoms with E-state index in [-0.39, 0.29) is 10.6 Å². The maximum atomic E-state index is 12.1. The molecule has 8 heteroatoms. The summed E-state index contributed by atoms with van der Waals surface area (Å²) in [6.07, 6.45) is -4.42. The zero-order valence-corrected chi connectivity index (χ0v) is 12.0. The molecule has 0 aliphatic heterocycles. The number of hydrogen-bond acceptors (Lipinski definition) is 3. The first-order valence-electron chi connectivity index (χ1n) is 6.00. The van der Waals surface area contributed by atoms with Crippen LogP contribution in [0.25, 0.3) is 0 Å². The smallest absolute Gasteiger partial charge is 0.422 e. The summed E-state index contributed by atoms with van der Waals surface area (Å²) in [6.45, 7) is 2.66. The van der Waals surface area contributed by atoms with Gasteiger partial charge in [0.15, 0.2) is 6.61 Å². The predicted molar refractivity (Wildman–Crippen MR) is 68.1 cm³/mol. The van der Waals surface area contributed by atoms with E-state index in [0.717, 1.165) is 0 Å². The summed E-state index contributed by atoms with van der Waals surface area (Å²) in [5.41, 5.74) is 0. The van der Waals surface area contributed by atoms with Gasteiger partial charge in [-0.25, -0.2) is 8.42 Å². The third-order valence-corrected chi connectivity index (χ3v) is 4.63. The molecule has 0 radical (unpaired) electrons. The topological polar surface area (TPSA) is 46.6 Å². The summed E-state index contributed by atoms with van der Waals surface area (Å²) in [6, 6.07) is 4.89. The minimum atomic E-state index is -4.42. The molecule has 114 valence electrons. The second kappa shape index (κ2) is 6.45. The Bertz CT molecular complexity index is 522. The van der Waals surface area contributed by atoms with E-state index in [0.29, 0.717) is 13.1 Å². The van der Waals surface area contributed by atoms with Gasteiger partial charge >= 0.3 is 6.18 Å². The molecule has 1 aromatic carbocycles. The van der Waals surface area contributed by atoms with E-state index in [9.17, 15) is 21.6 Å². The standard InChI is InChI=1S/C12H16F3NO3S/c1-3-16(4-2)20(17,18)11-7-5-10(6-8-11)19-9-12(13,14)15/h5-8H,3-4,9H2,1-2H3. The maximum absolute atomic E-state index is 12.1. The van der Waals surface area contributed by atoms with Gasteiger partial charge < -0.3 is 4.74 Å². The number of ether oxygens (including phenoxy) is 1. The Labute approximate surface area is 116 Å². The Hall–Kier alpha value is -1.28. The van der Waals surface area contributed by atoms with Gasteiger partial charge in [0, 0.05) is 13.1 Å². The summed E-state index contributed by atoms with van der Waals surface area (Å²) >= 11 is 0. The zero-order valence-electron chi connectivity index (χ0n) is 11.1. The van der Waals surface area contributed by atoms with Crippen molar-refractivity contribution in [1.29, 1.82) is 0 Å². The van der Waals surface area contributed by atoms with E-state index in [1.807, 2.05) is 0 Å². The molecular formula is C12H16F3NO3S. The minimum Gasteiger partial charge on any atom is -0.484 e. The number of sulfonamides is 1. The molecule has 0 unspecified atom stereocenters. The van der Waals surface area contributed by atoms with Gasteiger partial charge in [0.25, 0.3) is 0 Å². The highest BCUT2D eigenvalue weighted by atomic mass is 32.2. The van der Waals surface area contributed by atoms with E-state index in [1.165, 1.54) is 28.6 Å².